The minimum atomic E-state index is -0.0581. The van der Waals surface area contributed by atoms with Crippen molar-refractivity contribution in [3.05, 3.63) is 96.1 Å². The van der Waals surface area contributed by atoms with Crippen LogP contribution in [0.5, 0.6) is 0 Å². The molecule has 1 nitrogen and oxygen atoms in total. The van der Waals surface area contributed by atoms with Crippen LogP contribution in [-0.4, -0.2) is 5.78 Å². The van der Waals surface area contributed by atoms with Gasteiger partial charge in [-0.05, 0) is 22.3 Å². The molecule has 0 bridgehead atoms. The highest BCUT2D eigenvalue weighted by Gasteiger charge is 2.17. The van der Waals surface area contributed by atoms with E-state index in [1.165, 1.54) is 0 Å². The Morgan fingerprint density at radius 2 is 1.09 bits per heavy atom. The van der Waals surface area contributed by atoms with Gasteiger partial charge in [0.05, 0.1) is 0 Å². The molecule has 0 atom stereocenters. The Labute approximate surface area is 131 Å². The molecular formula is C21H18O. The van der Waals surface area contributed by atoms with Crippen LogP contribution in [0, 0.1) is 0 Å². The van der Waals surface area contributed by atoms with Crippen molar-refractivity contribution in [1.29, 1.82) is 0 Å². The van der Waals surface area contributed by atoms with Crippen molar-refractivity contribution in [2.24, 2.45) is 0 Å². The Hall–Kier alpha value is -2.93. The maximum atomic E-state index is 13.0. The lowest BCUT2D eigenvalue weighted by atomic mass is 9.90. The molecule has 0 spiro atoms. The molecule has 2 aromatic carbocycles. The molecule has 2 rings (SSSR count). The Morgan fingerprint density at radius 3 is 1.41 bits per heavy atom. The van der Waals surface area contributed by atoms with E-state index in [1.54, 1.807) is 36.4 Å². The molecule has 0 radical (unpaired) electrons. The van der Waals surface area contributed by atoms with Gasteiger partial charge in [-0.1, -0.05) is 87.0 Å². The summed E-state index contributed by atoms with van der Waals surface area (Å²) in [7, 11) is 0. The Morgan fingerprint density at radius 1 is 0.682 bits per heavy atom. The lowest BCUT2D eigenvalue weighted by Crippen LogP contribution is -2.07. The van der Waals surface area contributed by atoms with Crippen LogP contribution < -0.4 is 0 Å². The summed E-state index contributed by atoms with van der Waals surface area (Å²) in [6.45, 7) is 15.2. The van der Waals surface area contributed by atoms with Crippen molar-refractivity contribution >= 4 is 30.1 Å². The Bertz CT molecular complexity index is 713. The highest BCUT2D eigenvalue weighted by atomic mass is 16.1. The highest BCUT2D eigenvalue weighted by molar-refractivity contribution is 6.13. The van der Waals surface area contributed by atoms with Gasteiger partial charge in [-0.2, -0.15) is 0 Å². The smallest absolute Gasteiger partial charge is 0.194 e. The maximum absolute atomic E-state index is 13.0. The molecule has 1 heteroatoms. The summed E-state index contributed by atoms with van der Waals surface area (Å²) in [6.07, 6.45) is 6.83. The molecule has 0 N–H and O–H groups in total. The lowest BCUT2D eigenvalue weighted by molar-refractivity contribution is 0.103. The number of ketones is 1. The first-order valence-corrected chi connectivity index (χ1v) is 6.98. The molecule has 0 aliphatic rings. The minimum Gasteiger partial charge on any atom is -0.289 e. The molecule has 0 fully saturated rings. The first kappa shape index (κ1) is 15.5. The minimum absolute atomic E-state index is 0.0581. The Kier molecular flexibility index (Phi) is 4.70. The number of hydrogen-bond acceptors (Lipinski definition) is 1. The number of carbonyl (C=O) groups is 1. The van der Waals surface area contributed by atoms with Gasteiger partial charge in [-0.3, -0.25) is 4.79 Å². The maximum Gasteiger partial charge on any atom is 0.194 e. The second kappa shape index (κ2) is 6.68. The van der Waals surface area contributed by atoms with Gasteiger partial charge in [-0.15, -0.1) is 0 Å². The van der Waals surface area contributed by atoms with Gasteiger partial charge in [0.15, 0.2) is 5.78 Å². The predicted molar refractivity (Wildman–Crippen MR) is 96.7 cm³/mol. The normalized spacial score (nSPS) is 9.82. The van der Waals surface area contributed by atoms with Gasteiger partial charge < -0.3 is 0 Å². The summed E-state index contributed by atoms with van der Waals surface area (Å²) in [4.78, 5) is 13.0. The zero-order valence-corrected chi connectivity index (χ0v) is 12.5. The lowest BCUT2D eigenvalue weighted by Gasteiger charge is -2.12. The van der Waals surface area contributed by atoms with Gasteiger partial charge >= 0.3 is 0 Å². The summed E-state index contributed by atoms with van der Waals surface area (Å²) in [5, 5.41) is 0. The van der Waals surface area contributed by atoms with Crippen LogP contribution in [0.1, 0.15) is 38.2 Å². The standard InChI is InChI=1S/C21H18O/c1-5-15-11-9-13-19(17(15)7-3)21(22)20-14-10-12-16(6-2)18(20)8-4/h5-14H,1-4H2. The van der Waals surface area contributed by atoms with Crippen LogP contribution in [0.2, 0.25) is 0 Å². The van der Waals surface area contributed by atoms with E-state index in [2.05, 4.69) is 26.3 Å². The molecule has 2 aromatic rings. The highest BCUT2D eigenvalue weighted by Crippen LogP contribution is 2.25. The summed E-state index contributed by atoms with van der Waals surface area (Å²) >= 11 is 0. The summed E-state index contributed by atoms with van der Waals surface area (Å²) in [5.74, 6) is -0.0581. The average Bonchev–Trinajstić information content (AvgIpc) is 2.59. The summed E-state index contributed by atoms with van der Waals surface area (Å²) < 4.78 is 0. The van der Waals surface area contributed by atoms with E-state index in [-0.39, 0.29) is 5.78 Å². The monoisotopic (exact) mass is 286 g/mol. The van der Waals surface area contributed by atoms with Crippen LogP contribution in [0.3, 0.4) is 0 Å². The van der Waals surface area contributed by atoms with Crippen molar-refractivity contribution in [3.8, 4) is 0 Å². The number of carbonyl (C=O) groups excluding carboxylic acids is 1. The van der Waals surface area contributed by atoms with Crippen LogP contribution >= 0.6 is 0 Å². The third kappa shape index (κ3) is 2.61. The molecule has 0 heterocycles. The van der Waals surface area contributed by atoms with Crippen molar-refractivity contribution < 1.29 is 4.79 Å². The van der Waals surface area contributed by atoms with Crippen LogP contribution in [-0.2, 0) is 0 Å². The molecule has 0 aliphatic heterocycles. The Balaban J connectivity index is 2.68. The molecule has 0 saturated carbocycles. The average molecular weight is 286 g/mol. The van der Waals surface area contributed by atoms with Gasteiger partial charge in [-0.25, -0.2) is 0 Å². The van der Waals surface area contributed by atoms with Gasteiger partial charge in [0.25, 0.3) is 0 Å². The van der Waals surface area contributed by atoms with Gasteiger partial charge in [0.1, 0.15) is 0 Å². The zero-order valence-electron chi connectivity index (χ0n) is 12.5. The molecule has 0 saturated heterocycles. The van der Waals surface area contributed by atoms with E-state index in [4.69, 9.17) is 0 Å². The first-order chi connectivity index (χ1) is 10.7. The fourth-order valence-corrected chi connectivity index (χ4v) is 2.52. The number of hydrogen-bond donors (Lipinski definition) is 0. The fraction of sp³-hybridized carbons (Fsp3) is 0. The van der Waals surface area contributed by atoms with Crippen LogP contribution in [0.25, 0.3) is 24.3 Å². The third-order valence-corrected chi connectivity index (χ3v) is 3.62. The topological polar surface area (TPSA) is 17.1 Å². The molecule has 108 valence electrons. The molecular weight excluding hydrogens is 268 g/mol. The first-order valence-electron chi connectivity index (χ1n) is 6.98. The van der Waals surface area contributed by atoms with Crippen molar-refractivity contribution in [2.75, 3.05) is 0 Å². The predicted octanol–water partition coefficient (Wildman–Crippen LogP) is 5.49. The SMILES string of the molecule is C=Cc1cccc(C(=O)c2cccc(C=C)c2C=C)c1C=C. The summed E-state index contributed by atoms with van der Waals surface area (Å²) in [6, 6.07) is 11.1. The molecule has 0 amide bonds. The molecule has 0 aliphatic carbocycles. The zero-order chi connectivity index (χ0) is 16.1. The second-order valence-electron chi connectivity index (χ2n) is 4.76. The van der Waals surface area contributed by atoms with Crippen LogP contribution in [0.15, 0.2) is 62.7 Å². The number of benzene rings is 2. The van der Waals surface area contributed by atoms with Crippen molar-refractivity contribution in [2.45, 2.75) is 0 Å². The second-order valence-corrected chi connectivity index (χ2v) is 4.76. The van der Waals surface area contributed by atoms with Crippen LogP contribution in [0.4, 0.5) is 0 Å². The largest absolute Gasteiger partial charge is 0.289 e. The molecule has 0 unspecified atom stereocenters. The van der Waals surface area contributed by atoms with Gasteiger partial charge in [0.2, 0.25) is 0 Å². The number of rotatable bonds is 6. The molecule has 22 heavy (non-hydrogen) atoms. The van der Waals surface area contributed by atoms with E-state index in [0.29, 0.717) is 11.1 Å². The van der Waals surface area contributed by atoms with E-state index < -0.39 is 0 Å². The van der Waals surface area contributed by atoms with Crippen molar-refractivity contribution in [1.82, 2.24) is 0 Å². The van der Waals surface area contributed by atoms with Crippen molar-refractivity contribution in [3.63, 3.8) is 0 Å². The molecule has 0 aromatic heterocycles. The van der Waals surface area contributed by atoms with E-state index >= 15 is 0 Å². The van der Waals surface area contributed by atoms with Gasteiger partial charge in [0, 0.05) is 11.1 Å². The van der Waals surface area contributed by atoms with E-state index in [9.17, 15) is 4.79 Å². The fourth-order valence-electron chi connectivity index (χ4n) is 2.52. The van der Waals surface area contributed by atoms with E-state index in [0.717, 1.165) is 22.3 Å². The summed E-state index contributed by atoms with van der Waals surface area (Å²) in [5.41, 5.74) is 4.58. The third-order valence-electron chi connectivity index (χ3n) is 3.62. The van der Waals surface area contributed by atoms with E-state index in [1.807, 2.05) is 24.3 Å². The quantitative estimate of drug-likeness (QED) is 0.642.